The van der Waals surface area contributed by atoms with Gasteiger partial charge in [-0.25, -0.2) is 0 Å². The molecular formula is C23H28N2O4. The highest BCUT2D eigenvalue weighted by molar-refractivity contribution is 5.99. The van der Waals surface area contributed by atoms with Crippen LogP contribution in [0.4, 0.5) is 5.69 Å². The standard InChI is InChI=1S/C23H28N2O4/c1-15(2)16-4-6-17(7-5-16)25-23(27)21-14-20(21)22(26)24-12-13-29-19-10-8-18(28-3)9-11-19/h4-11,15,20-21H,12-14H2,1-3H3,(H,24,26)(H,25,27). The van der Waals surface area contributed by atoms with Gasteiger partial charge in [0.2, 0.25) is 11.8 Å². The fourth-order valence-corrected chi connectivity index (χ4v) is 3.11. The van der Waals surface area contributed by atoms with E-state index in [0.717, 1.165) is 11.4 Å². The summed E-state index contributed by atoms with van der Waals surface area (Å²) in [5.41, 5.74) is 1.99. The largest absolute Gasteiger partial charge is 0.497 e. The van der Waals surface area contributed by atoms with Gasteiger partial charge in [-0.05, 0) is 54.3 Å². The lowest BCUT2D eigenvalue weighted by atomic mass is 10.0. The Bertz CT molecular complexity index is 831. The number of methoxy groups -OCH3 is 1. The Labute approximate surface area is 171 Å². The van der Waals surface area contributed by atoms with Crippen molar-refractivity contribution in [3.63, 3.8) is 0 Å². The molecule has 2 aromatic rings. The van der Waals surface area contributed by atoms with Crippen LogP contribution >= 0.6 is 0 Å². The van der Waals surface area contributed by atoms with Gasteiger partial charge < -0.3 is 20.1 Å². The summed E-state index contributed by atoms with van der Waals surface area (Å²) in [6.07, 6.45) is 0.584. The molecule has 0 aromatic heterocycles. The molecule has 1 fully saturated rings. The molecule has 1 aliphatic carbocycles. The van der Waals surface area contributed by atoms with E-state index in [4.69, 9.17) is 9.47 Å². The predicted octanol–water partition coefficient (Wildman–Crippen LogP) is 3.59. The van der Waals surface area contributed by atoms with Crippen molar-refractivity contribution in [1.82, 2.24) is 5.32 Å². The van der Waals surface area contributed by atoms with Crippen LogP contribution in [-0.4, -0.2) is 32.1 Å². The SMILES string of the molecule is COc1ccc(OCCNC(=O)C2CC2C(=O)Nc2ccc(C(C)C)cc2)cc1. The number of benzene rings is 2. The van der Waals surface area contributed by atoms with Crippen molar-refractivity contribution in [2.24, 2.45) is 11.8 Å². The van der Waals surface area contributed by atoms with E-state index in [2.05, 4.69) is 24.5 Å². The molecule has 2 amide bonds. The van der Waals surface area contributed by atoms with Gasteiger partial charge in [-0.15, -0.1) is 0 Å². The first-order valence-corrected chi connectivity index (χ1v) is 9.93. The average Bonchev–Trinajstić information content (AvgIpc) is 3.53. The molecular weight excluding hydrogens is 368 g/mol. The van der Waals surface area contributed by atoms with Crippen molar-refractivity contribution in [3.8, 4) is 11.5 Å². The van der Waals surface area contributed by atoms with Crippen molar-refractivity contribution in [2.45, 2.75) is 26.2 Å². The van der Waals surface area contributed by atoms with E-state index in [1.165, 1.54) is 5.56 Å². The minimum atomic E-state index is -0.262. The first-order valence-electron chi connectivity index (χ1n) is 9.93. The van der Waals surface area contributed by atoms with E-state index in [1.54, 1.807) is 7.11 Å². The molecule has 0 heterocycles. The fraction of sp³-hybridized carbons (Fsp3) is 0.391. The molecule has 6 nitrogen and oxygen atoms in total. The molecule has 1 aliphatic rings. The van der Waals surface area contributed by atoms with E-state index in [-0.39, 0.29) is 23.7 Å². The highest BCUT2D eigenvalue weighted by Crippen LogP contribution is 2.39. The summed E-state index contributed by atoms with van der Waals surface area (Å²) >= 11 is 0. The van der Waals surface area contributed by atoms with Crippen LogP contribution < -0.4 is 20.1 Å². The third kappa shape index (κ3) is 5.73. The Morgan fingerprint density at radius 3 is 2.21 bits per heavy atom. The van der Waals surface area contributed by atoms with Gasteiger partial charge in [0.05, 0.1) is 25.5 Å². The quantitative estimate of drug-likeness (QED) is 0.635. The summed E-state index contributed by atoms with van der Waals surface area (Å²) in [5, 5.41) is 5.74. The number of rotatable bonds is 9. The predicted molar refractivity (Wildman–Crippen MR) is 112 cm³/mol. The summed E-state index contributed by atoms with van der Waals surface area (Å²) in [4.78, 5) is 24.6. The molecule has 2 aromatic carbocycles. The number of nitrogens with one attached hydrogen (secondary N) is 2. The molecule has 1 saturated carbocycles. The second kappa shape index (κ2) is 9.45. The average molecular weight is 396 g/mol. The van der Waals surface area contributed by atoms with Gasteiger partial charge in [-0.3, -0.25) is 9.59 Å². The second-order valence-electron chi connectivity index (χ2n) is 7.53. The number of amides is 2. The maximum absolute atomic E-state index is 12.3. The summed E-state index contributed by atoms with van der Waals surface area (Å²) < 4.78 is 10.7. The van der Waals surface area contributed by atoms with E-state index in [0.29, 0.717) is 31.2 Å². The maximum atomic E-state index is 12.3. The van der Waals surface area contributed by atoms with Crippen LogP contribution in [0, 0.1) is 11.8 Å². The molecule has 0 saturated heterocycles. The lowest BCUT2D eigenvalue weighted by Crippen LogP contribution is -2.31. The minimum absolute atomic E-state index is 0.0985. The van der Waals surface area contributed by atoms with Crippen molar-refractivity contribution in [3.05, 3.63) is 54.1 Å². The molecule has 2 atom stereocenters. The molecule has 0 bridgehead atoms. The number of hydrogen-bond donors (Lipinski definition) is 2. The molecule has 2 unspecified atom stereocenters. The zero-order chi connectivity index (χ0) is 20.8. The highest BCUT2D eigenvalue weighted by Gasteiger charge is 2.47. The minimum Gasteiger partial charge on any atom is -0.497 e. The Balaban J connectivity index is 1.36. The van der Waals surface area contributed by atoms with Gasteiger partial charge >= 0.3 is 0 Å². The first-order chi connectivity index (χ1) is 14.0. The summed E-state index contributed by atoms with van der Waals surface area (Å²) in [7, 11) is 1.61. The number of carbonyl (C=O) groups is 2. The summed E-state index contributed by atoms with van der Waals surface area (Å²) in [6.45, 7) is 5.02. The molecule has 2 N–H and O–H groups in total. The zero-order valence-corrected chi connectivity index (χ0v) is 17.1. The van der Waals surface area contributed by atoms with Crippen molar-refractivity contribution in [2.75, 3.05) is 25.6 Å². The monoisotopic (exact) mass is 396 g/mol. The number of carbonyl (C=O) groups excluding carboxylic acids is 2. The van der Waals surface area contributed by atoms with Gasteiger partial charge in [0.25, 0.3) is 0 Å². The highest BCUT2D eigenvalue weighted by atomic mass is 16.5. The third-order valence-electron chi connectivity index (χ3n) is 5.04. The molecule has 0 spiro atoms. The van der Waals surface area contributed by atoms with Crippen LogP contribution in [0.3, 0.4) is 0 Å². The van der Waals surface area contributed by atoms with Gasteiger partial charge in [-0.2, -0.15) is 0 Å². The number of hydrogen-bond acceptors (Lipinski definition) is 4. The molecule has 0 aliphatic heterocycles. The van der Waals surface area contributed by atoms with Crippen molar-refractivity contribution >= 4 is 17.5 Å². The topological polar surface area (TPSA) is 76.7 Å². The summed E-state index contributed by atoms with van der Waals surface area (Å²) in [6, 6.07) is 15.1. The maximum Gasteiger partial charge on any atom is 0.228 e. The van der Waals surface area contributed by atoms with E-state index < -0.39 is 0 Å². The Morgan fingerprint density at radius 2 is 1.59 bits per heavy atom. The van der Waals surface area contributed by atoms with Crippen LogP contribution in [-0.2, 0) is 9.59 Å². The third-order valence-corrected chi connectivity index (χ3v) is 5.04. The molecule has 6 heteroatoms. The van der Waals surface area contributed by atoms with Crippen LogP contribution in [0.2, 0.25) is 0 Å². The normalized spacial score (nSPS) is 17.5. The van der Waals surface area contributed by atoms with Gasteiger partial charge in [-0.1, -0.05) is 26.0 Å². The smallest absolute Gasteiger partial charge is 0.228 e. The Kier molecular flexibility index (Phi) is 6.75. The lowest BCUT2D eigenvalue weighted by Gasteiger charge is -2.09. The number of ether oxygens (including phenoxy) is 2. The van der Waals surface area contributed by atoms with Crippen LogP contribution in [0.15, 0.2) is 48.5 Å². The second-order valence-corrected chi connectivity index (χ2v) is 7.53. The van der Waals surface area contributed by atoms with Crippen molar-refractivity contribution < 1.29 is 19.1 Å². The summed E-state index contributed by atoms with van der Waals surface area (Å²) in [5.74, 6) is 1.21. The van der Waals surface area contributed by atoms with Gasteiger partial charge in [0, 0.05) is 5.69 Å². The van der Waals surface area contributed by atoms with E-state index in [1.807, 2.05) is 48.5 Å². The van der Waals surface area contributed by atoms with E-state index in [9.17, 15) is 9.59 Å². The molecule has 0 radical (unpaired) electrons. The van der Waals surface area contributed by atoms with E-state index >= 15 is 0 Å². The van der Waals surface area contributed by atoms with Gasteiger partial charge in [0.1, 0.15) is 18.1 Å². The lowest BCUT2D eigenvalue weighted by molar-refractivity contribution is -0.125. The Morgan fingerprint density at radius 1 is 0.966 bits per heavy atom. The molecule has 3 rings (SSSR count). The Hall–Kier alpha value is -3.02. The molecule has 29 heavy (non-hydrogen) atoms. The van der Waals surface area contributed by atoms with Crippen molar-refractivity contribution in [1.29, 1.82) is 0 Å². The number of anilines is 1. The molecule has 154 valence electrons. The fourth-order valence-electron chi connectivity index (χ4n) is 3.11. The zero-order valence-electron chi connectivity index (χ0n) is 17.1. The first kappa shape index (κ1) is 20.7. The van der Waals surface area contributed by atoms with Gasteiger partial charge in [0.15, 0.2) is 0 Å². The van der Waals surface area contributed by atoms with Crippen LogP contribution in [0.25, 0.3) is 0 Å². The van der Waals surface area contributed by atoms with Crippen LogP contribution in [0.5, 0.6) is 11.5 Å². The van der Waals surface area contributed by atoms with Crippen LogP contribution in [0.1, 0.15) is 31.7 Å².